The van der Waals surface area contributed by atoms with Gasteiger partial charge in [-0.15, -0.1) is 11.3 Å². The fourth-order valence-electron chi connectivity index (χ4n) is 3.88. The van der Waals surface area contributed by atoms with Crippen LogP contribution in [-0.4, -0.2) is 54.1 Å². The standard InChI is InChI=1S/C29H33N5O2S/c1-21-15-24(11-12-30-21)23-9-10-28(36-14-13-34(2)3)26(17-23)33-29(35)27(16-22-7-5-4-6-8-22)31-18-25-19-37-20-32-25/h4-12,15,17,19-20,27,31H,13-14,16,18H2,1-3H3,(H,33,35). The van der Waals surface area contributed by atoms with Crippen molar-refractivity contribution in [2.45, 2.75) is 25.9 Å². The maximum atomic E-state index is 13.6. The van der Waals surface area contributed by atoms with Gasteiger partial charge in [-0.25, -0.2) is 4.98 Å². The fraction of sp³-hybridized carbons (Fsp3) is 0.276. The van der Waals surface area contributed by atoms with E-state index in [1.807, 2.05) is 87.1 Å². The molecule has 2 aromatic carbocycles. The number of amides is 1. The second kappa shape index (κ2) is 13.1. The lowest BCUT2D eigenvalue weighted by Gasteiger charge is -2.21. The van der Waals surface area contributed by atoms with E-state index >= 15 is 0 Å². The highest BCUT2D eigenvalue weighted by atomic mass is 32.1. The third-order valence-electron chi connectivity index (χ3n) is 5.88. The summed E-state index contributed by atoms with van der Waals surface area (Å²) in [5, 5.41) is 8.54. The van der Waals surface area contributed by atoms with Crippen molar-refractivity contribution in [1.82, 2.24) is 20.2 Å². The van der Waals surface area contributed by atoms with Crippen LogP contribution in [-0.2, 0) is 17.8 Å². The number of aryl methyl sites for hydroxylation is 1. The Balaban J connectivity index is 1.59. The molecule has 0 bridgehead atoms. The minimum Gasteiger partial charge on any atom is -0.490 e. The first-order chi connectivity index (χ1) is 18.0. The van der Waals surface area contributed by atoms with Crippen LogP contribution < -0.4 is 15.4 Å². The number of benzene rings is 2. The van der Waals surface area contributed by atoms with E-state index in [0.717, 1.165) is 34.6 Å². The van der Waals surface area contributed by atoms with Crippen LogP contribution in [0.15, 0.2) is 77.8 Å². The molecule has 7 nitrogen and oxygen atoms in total. The van der Waals surface area contributed by atoms with Gasteiger partial charge < -0.3 is 15.0 Å². The van der Waals surface area contributed by atoms with Crippen LogP contribution >= 0.6 is 11.3 Å². The van der Waals surface area contributed by atoms with Gasteiger partial charge in [-0.05, 0) is 68.4 Å². The lowest BCUT2D eigenvalue weighted by molar-refractivity contribution is -0.118. The van der Waals surface area contributed by atoms with Crippen molar-refractivity contribution in [3.63, 3.8) is 0 Å². The van der Waals surface area contributed by atoms with E-state index in [4.69, 9.17) is 4.74 Å². The Morgan fingerprint density at radius 2 is 1.86 bits per heavy atom. The van der Waals surface area contributed by atoms with Gasteiger partial charge in [0.05, 0.1) is 22.9 Å². The number of carbonyl (C=O) groups excluding carboxylic acids is 1. The zero-order valence-electron chi connectivity index (χ0n) is 21.5. The molecule has 0 saturated carbocycles. The third-order valence-corrected chi connectivity index (χ3v) is 6.51. The van der Waals surface area contributed by atoms with E-state index in [9.17, 15) is 4.79 Å². The van der Waals surface area contributed by atoms with E-state index in [1.54, 1.807) is 23.0 Å². The van der Waals surface area contributed by atoms with Crippen molar-refractivity contribution < 1.29 is 9.53 Å². The summed E-state index contributed by atoms with van der Waals surface area (Å²) < 4.78 is 6.08. The Morgan fingerprint density at radius 1 is 1.05 bits per heavy atom. The molecule has 2 N–H and O–H groups in total. The monoisotopic (exact) mass is 515 g/mol. The molecule has 0 spiro atoms. The molecule has 2 aromatic heterocycles. The van der Waals surface area contributed by atoms with Gasteiger partial charge >= 0.3 is 0 Å². The molecule has 0 aliphatic heterocycles. The van der Waals surface area contributed by atoms with Gasteiger partial charge in [-0.1, -0.05) is 36.4 Å². The number of hydrogen-bond acceptors (Lipinski definition) is 7. The Morgan fingerprint density at radius 3 is 2.59 bits per heavy atom. The van der Waals surface area contributed by atoms with Gasteiger partial charge in [0.25, 0.3) is 0 Å². The first-order valence-electron chi connectivity index (χ1n) is 12.3. The molecule has 192 valence electrons. The maximum absolute atomic E-state index is 13.6. The van der Waals surface area contributed by atoms with Crippen molar-refractivity contribution in [1.29, 1.82) is 0 Å². The van der Waals surface area contributed by atoms with E-state index in [2.05, 4.69) is 25.5 Å². The molecule has 0 aliphatic carbocycles. The van der Waals surface area contributed by atoms with Crippen LogP contribution in [0.25, 0.3) is 11.1 Å². The largest absolute Gasteiger partial charge is 0.490 e. The third kappa shape index (κ3) is 7.95. The van der Waals surface area contributed by atoms with E-state index in [0.29, 0.717) is 31.0 Å². The van der Waals surface area contributed by atoms with Crippen molar-refractivity contribution >= 4 is 22.9 Å². The highest BCUT2D eigenvalue weighted by molar-refractivity contribution is 7.07. The molecule has 1 amide bonds. The minimum absolute atomic E-state index is 0.125. The summed E-state index contributed by atoms with van der Waals surface area (Å²) in [6.07, 6.45) is 2.35. The zero-order valence-corrected chi connectivity index (χ0v) is 22.3. The molecule has 0 saturated heterocycles. The molecular formula is C29H33N5O2S. The topological polar surface area (TPSA) is 79.4 Å². The second-order valence-corrected chi connectivity index (χ2v) is 9.86. The minimum atomic E-state index is -0.453. The van der Waals surface area contributed by atoms with Crippen LogP contribution in [0, 0.1) is 6.92 Å². The van der Waals surface area contributed by atoms with Crippen LogP contribution in [0.5, 0.6) is 5.75 Å². The van der Waals surface area contributed by atoms with E-state index in [-0.39, 0.29) is 5.91 Å². The first-order valence-corrected chi connectivity index (χ1v) is 13.2. The van der Waals surface area contributed by atoms with Crippen LogP contribution in [0.2, 0.25) is 0 Å². The number of pyridine rings is 1. The lowest BCUT2D eigenvalue weighted by atomic mass is 10.0. The predicted octanol–water partition coefficient (Wildman–Crippen LogP) is 4.79. The Bertz CT molecular complexity index is 1280. The number of aromatic nitrogens is 2. The molecule has 4 rings (SSSR count). The molecule has 37 heavy (non-hydrogen) atoms. The second-order valence-electron chi connectivity index (χ2n) is 9.14. The molecule has 1 atom stereocenters. The number of anilines is 1. The number of nitrogens with one attached hydrogen (secondary N) is 2. The molecular weight excluding hydrogens is 482 g/mol. The van der Waals surface area contributed by atoms with Gasteiger partial charge in [0.15, 0.2) is 0 Å². The number of thiazole rings is 1. The molecule has 2 heterocycles. The molecule has 1 unspecified atom stereocenters. The number of hydrogen-bond donors (Lipinski definition) is 2. The SMILES string of the molecule is Cc1cc(-c2ccc(OCCN(C)C)c(NC(=O)C(Cc3ccccc3)NCc3cscn3)c2)ccn1. The summed E-state index contributed by atoms with van der Waals surface area (Å²) in [6.45, 7) is 3.76. The van der Waals surface area contributed by atoms with Crippen LogP contribution in [0.1, 0.15) is 17.0 Å². The van der Waals surface area contributed by atoms with Crippen molar-refractivity contribution in [2.75, 3.05) is 32.6 Å². The Kier molecular flexibility index (Phi) is 9.37. The Hall–Kier alpha value is -3.59. The summed E-state index contributed by atoms with van der Waals surface area (Å²) in [7, 11) is 4.01. The van der Waals surface area contributed by atoms with E-state index < -0.39 is 6.04 Å². The smallest absolute Gasteiger partial charge is 0.241 e. The summed E-state index contributed by atoms with van der Waals surface area (Å²) in [4.78, 5) is 24.4. The van der Waals surface area contributed by atoms with Crippen molar-refractivity contribution in [3.05, 3.63) is 94.7 Å². The van der Waals surface area contributed by atoms with Gasteiger partial charge in [-0.2, -0.15) is 0 Å². The highest BCUT2D eigenvalue weighted by Gasteiger charge is 2.21. The highest BCUT2D eigenvalue weighted by Crippen LogP contribution is 2.31. The molecule has 0 radical (unpaired) electrons. The van der Waals surface area contributed by atoms with Crippen molar-refractivity contribution in [3.8, 4) is 16.9 Å². The fourth-order valence-corrected chi connectivity index (χ4v) is 4.43. The normalized spacial score (nSPS) is 11.9. The average molecular weight is 516 g/mol. The first kappa shape index (κ1) is 26.5. The quantitative estimate of drug-likeness (QED) is 0.282. The summed E-state index contributed by atoms with van der Waals surface area (Å²) in [5.41, 5.74) is 7.39. The summed E-state index contributed by atoms with van der Waals surface area (Å²) >= 11 is 1.54. The molecule has 8 heteroatoms. The van der Waals surface area contributed by atoms with Gasteiger partial charge in [-0.3, -0.25) is 15.1 Å². The maximum Gasteiger partial charge on any atom is 0.241 e. The average Bonchev–Trinajstić information content (AvgIpc) is 3.41. The van der Waals surface area contributed by atoms with Crippen molar-refractivity contribution in [2.24, 2.45) is 0 Å². The number of nitrogens with zero attached hydrogens (tertiary/aromatic N) is 3. The van der Waals surface area contributed by atoms with E-state index in [1.165, 1.54) is 0 Å². The van der Waals surface area contributed by atoms with Gasteiger partial charge in [0.1, 0.15) is 12.4 Å². The number of ether oxygens (including phenoxy) is 1. The van der Waals surface area contributed by atoms with Crippen LogP contribution in [0.3, 0.4) is 0 Å². The zero-order chi connectivity index (χ0) is 26.0. The summed E-state index contributed by atoms with van der Waals surface area (Å²) in [6, 6.07) is 19.5. The predicted molar refractivity (Wildman–Crippen MR) is 150 cm³/mol. The molecule has 0 fully saturated rings. The lowest BCUT2D eigenvalue weighted by Crippen LogP contribution is -2.42. The van der Waals surface area contributed by atoms with Crippen LogP contribution in [0.4, 0.5) is 5.69 Å². The summed E-state index contributed by atoms with van der Waals surface area (Å²) in [5.74, 6) is 0.516. The number of carbonyl (C=O) groups is 1. The van der Waals surface area contributed by atoms with Gasteiger partial charge in [0, 0.05) is 30.4 Å². The number of likely N-dealkylation sites (N-methyl/N-ethyl adjacent to an activating group) is 1. The molecule has 4 aromatic rings. The Labute approximate surface area is 222 Å². The van der Waals surface area contributed by atoms with Gasteiger partial charge in [0.2, 0.25) is 5.91 Å². The number of rotatable bonds is 12. The molecule has 0 aliphatic rings.